The van der Waals surface area contributed by atoms with E-state index in [1.165, 1.54) is 0 Å². The van der Waals surface area contributed by atoms with E-state index in [1.54, 1.807) is 12.3 Å². The maximum absolute atomic E-state index is 11.4. The van der Waals surface area contributed by atoms with Gasteiger partial charge < -0.3 is 5.11 Å². The van der Waals surface area contributed by atoms with E-state index in [9.17, 15) is 9.90 Å². The number of aromatic nitrogens is 1. The minimum absolute atomic E-state index is 0.446. The summed E-state index contributed by atoms with van der Waals surface area (Å²) in [6, 6.07) is 13.0. The van der Waals surface area contributed by atoms with Gasteiger partial charge in [0.2, 0.25) is 0 Å². The summed E-state index contributed by atoms with van der Waals surface area (Å²) in [7, 11) is 0. The van der Waals surface area contributed by atoms with Gasteiger partial charge in [0.1, 0.15) is 0 Å². The van der Waals surface area contributed by atoms with Gasteiger partial charge in [-0.1, -0.05) is 35.9 Å². The summed E-state index contributed by atoms with van der Waals surface area (Å²) in [4.78, 5) is 15.6. The number of carboxylic acids is 1. The van der Waals surface area contributed by atoms with Gasteiger partial charge in [0.05, 0.1) is 5.92 Å². The van der Waals surface area contributed by atoms with E-state index in [-0.39, 0.29) is 0 Å². The lowest BCUT2D eigenvalue weighted by Gasteiger charge is -2.13. The van der Waals surface area contributed by atoms with E-state index in [2.05, 4.69) is 4.98 Å². The average Bonchev–Trinajstić information content (AvgIpc) is 2.46. The zero-order valence-corrected chi connectivity index (χ0v) is 11.8. The lowest BCUT2D eigenvalue weighted by molar-refractivity contribution is -0.141. The molecular formula is C16H16ClNO2. The first-order valence-corrected chi connectivity index (χ1v) is 6.90. The molecule has 0 saturated heterocycles. The Morgan fingerprint density at radius 3 is 2.60 bits per heavy atom. The van der Waals surface area contributed by atoms with Crippen molar-refractivity contribution >= 4 is 17.6 Å². The summed E-state index contributed by atoms with van der Waals surface area (Å²) >= 11 is 6.08. The lowest BCUT2D eigenvalue weighted by Crippen LogP contribution is -2.17. The van der Waals surface area contributed by atoms with E-state index < -0.39 is 11.9 Å². The van der Waals surface area contributed by atoms with Gasteiger partial charge in [-0.2, -0.15) is 0 Å². The number of aliphatic carboxylic acids is 1. The predicted octanol–water partition coefficient (Wildman–Crippen LogP) is 3.61. The Morgan fingerprint density at radius 2 is 1.95 bits per heavy atom. The van der Waals surface area contributed by atoms with Crippen molar-refractivity contribution in [2.75, 3.05) is 0 Å². The second-order valence-electron chi connectivity index (χ2n) is 4.69. The standard InChI is InChI=1S/C16H16ClNO2/c17-15-7-2-1-5-12(15)11-13(16(19)20)8-9-14-6-3-4-10-18-14/h1-7,10,13H,8-9,11H2,(H,19,20). The van der Waals surface area contributed by atoms with Crippen LogP contribution in [0.2, 0.25) is 5.02 Å². The smallest absolute Gasteiger partial charge is 0.306 e. The molecule has 0 aliphatic rings. The largest absolute Gasteiger partial charge is 0.481 e. The van der Waals surface area contributed by atoms with Crippen LogP contribution >= 0.6 is 11.6 Å². The fraction of sp³-hybridized carbons (Fsp3) is 0.250. The molecule has 0 bridgehead atoms. The van der Waals surface area contributed by atoms with Gasteiger partial charge >= 0.3 is 5.97 Å². The van der Waals surface area contributed by atoms with E-state index in [4.69, 9.17) is 11.6 Å². The summed E-state index contributed by atoms with van der Waals surface area (Å²) in [6.45, 7) is 0. The molecule has 4 heteroatoms. The van der Waals surface area contributed by atoms with Crippen molar-refractivity contribution in [1.82, 2.24) is 4.98 Å². The van der Waals surface area contributed by atoms with Crippen molar-refractivity contribution in [3.05, 3.63) is 64.9 Å². The number of hydrogen-bond donors (Lipinski definition) is 1. The van der Waals surface area contributed by atoms with Gasteiger partial charge in [0.15, 0.2) is 0 Å². The van der Waals surface area contributed by atoms with Gasteiger partial charge in [-0.05, 0) is 43.0 Å². The van der Waals surface area contributed by atoms with Gasteiger partial charge in [0, 0.05) is 16.9 Å². The second kappa shape index (κ2) is 7.06. The molecule has 2 aromatic rings. The number of aryl methyl sites for hydroxylation is 1. The molecule has 0 amide bonds. The molecule has 0 saturated carbocycles. The molecule has 0 radical (unpaired) electrons. The third kappa shape index (κ3) is 4.07. The van der Waals surface area contributed by atoms with Crippen LogP contribution in [0.5, 0.6) is 0 Å². The first-order chi connectivity index (χ1) is 9.66. The SMILES string of the molecule is O=C(O)C(CCc1ccccn1)Cc1ccccc1Cl. The molecule has 20 heavy (non-hydrogen) atoms. The summed E-state index contributed by atoms with van der Waals surface area (Å²) in [6.07, 6.45) is 3.38. The maximum Gasteiger partial charge on any atom is 0.306 e. The fourth-order valence-corrected chi connectivity index (χ4v) is 2.32. The van der Waals surface area contributed by atoms with Crippen LogP contribution in [0, 0.1) is 5.92 Å². The van der Waals surface area contributed by atoms with Crippen LogP contribution in [-0.2, 0) is 17.6 Å². The molecule has 1 unspecified atom stereocenters. The Kier molecular flexibility index (Phi) is 5.13. The molecule has 0 fully saturated rings. The van der Waals surface area contributed by atoms with Crippen LogP contribution in [-0.4, -0.2) is 16.1 Å². The normalized spacial score (nSPS) is 12.1. The van der Waals surface area contributed by atoms with Crippen molar-refractivity contribution in [3.8, 4) is 0 Å². The predicted molar refractivity (Wildman–Crippen MR) is 78.8 cm³/mol. The van der Waals surface area contributed by atoms with Gasteiger partial charge in [-0.15, -0.1) is 0 Å². The molecule has 0 aliphatic carbocycles. The molecule has 1 aromatic heterocycles. The Hall–Kier alpha value is -1.87. The number of carboxylic acid groups (broad SMARTS) is 1. The van der Waals surface area contributed by atoms with Crippen molar-refractivity contribution in [3.63, 3.8) is 0 Å². The topological polar surface area (TPSA) is 50.2 Å². The Balaban J connectivity index is 2.01. The molecule has 104 valence electrons. The van der Waals surface area contributed by atoms with E-state index in [0.717, 1.165) is 11.3 Å². The quantitative estimate of drug-likeness (QED) is 0.884. The molecule has 0 spiro atoms. The van der Waals surface area contributed by atoms with Crippen LogP contribution in [0.1, 0.15) is 17.7 Å². The van der Waals surface area contributed by atoms with Crippen molar-refractivity contribution in [1.29, 1.82) is 0 Å². The average molecular weight is 290 g/mol. The molecular weight excluding hydrogens is 274 g/mol. The number of nitrogens with zero attached hydrogens (tertiary/aromatic N) is 1. The maximum atomic E-state index is 11.4. The highest BCUT2D eigenvalue weighted by molar-refractivity contribution is 6.31. The monoisotopic (exact) mass is 289 g/mol. The summed E-state index contributed by atoms with van der Waals surface area (Å²) in [5.74, 6) is -1.24. The second-order valence-corrected chi connectivity index (χ2v) is 5.10. The van der Waals surface area contributed by atoms with Crippen LogP contribution in [0.3, 0.4) is 0 Å². The Bertz CT molecular complexity index is 572. The zero-order valence-electron chi connectivity index (χ0n) is 11.0. The number of hydrogen-bond acceptors (Lipinski definition) is 2. The molecule has 0 aliphatic heterocycles. The number of carbonyl (C=O) groups is 1. The number of pyridine rings is 1. The number of rotatable bonds is 6. The summed E-state index contributed by atoms with van der Waals surface area (Å²) in [5.41, 5.74) is 1.79. The summed E-state index contributed by atoms with van der Waals surface area (Å²) < 4.78 is 0. The summed E-state index contributed by atoms with van der Waals surface area (Å²) in [5, 5.41) is 9.96. The zero-order chi connectivity index (χ0) is 14.4. The molecule has 1 heterocycles. The minimum Gasteiger partial charge on any atom is -0.481 e. The van der Waals surface area contributed by atoms with Crippen molar-refractivity contribution in [2.45, 2.75) is 19.3 Å². The van der Waals surface area contributed by atoms with Gasteiger partial charge in [0.25, 0.3) is 0 Å². The van der Waals surface area contributed by atoms with Gasteiger partial charge in [-0.3, -0.25) is 9.78 Å². The van der Waals surface area contributed by atoms with Gasteiger partial charge in [-0.25, -0.2) is 0 Å². The first-order valence-electron chi connectivity index (χ1n) is 6.53. The van der Waals surface area contributed by atoms with Crippen LogP contribution in [0.15, 0.2) is 48.7 Å². The third-order valence-electron chi connectivity index (χ3n) is 3.25. The van der Waals surface area contributed by atoms with E-state index >= 15 is 0 Å². The molecule has 2 rings (SSSR count). The molecule has 1 aromatic carbocycles. The minimum atomic E-state index is -0.791. The van der Waals surface area contributed by atoms with E-state index in [1.807, 2.05) is 36.4 Å². The van der Waals surface area contributed by atoms with Crippen LogP contribution in [0.25, 0.3) is 0 Å². The highest BCUT2D eigenvalue weighted by Crippen LogP contribution is 2.21. The highest BCUT2D eigenvalue weighted by atomic mass is 35.5. The first kappa shape index (κ1) is 14.5. The molecule has 1 atom stereocenters. The fourth-order valence-electron chi connectivity index (χ4n) is 2.11. The number of halogens is 1. The van der Waals surface area contributed by atoms with Crippen molar-refractivity contribution in [2.24, 2.45) is 5.92 Å². The number of benzene rings is 1. The van der Waals surface area contributed by atoms with Crippen LogP contribution in [0.4, 0.5) is 0 Å². The Labute approximate surface area is 123 Å². The lowest BCUT2D eigenvalue weighted by atomic mass is 9.94. The van der Waals surface area contributed by atoms with E-state index in [0.29, 0.717) is 24.3 Å². The highest BCUT2D eigenvalue weighted by Gasteiger charge is 2.19. The third-order valence-corrected chi connectivity index (χ3v) is 3.62. The van der Waals surface area contributed by atoms with Crippen LogP contribution < -0.4 is 0 Å². The van der Waals surface area contributed by atoms with Crippen molar-refractivity contribution < 1.29 is 9.90 Å². The Morgan fingerprint density at radius 1 is 1.20 bits per heavy atom. The molecule has 1 N–H and O–H groups in total. The molecule has 3 nitrogen and oxygen atoms in total.